The Morgan fingerprint density at radius 2 is 1.79 bits per heavy atom. The topological polar surface area (TPSA) is 79.8 Å². The predicted octanol–water partition coefficient (Wildman–Crippen LogP) is 3.38. The molecule has 1 amide bonds. The van der Waals surface area contributed by atoms with Crippen LogP contribution in [0.2, 0.25) is 0 Å². The average Bonchev–Trinajstić information content (AvgIpc) is 2.65. The van der Waals surface area contributed by atoms with Gasteiger partial charge in [0.25, 0.3) is 0 Å². The fraction of sp³-hybridized carbons (Fsp3) is 0.773. The second-order valence-corrected chi connectivity index (χ2v) is 8.65. The van der Waals surface area contributed by atoms with Crippen LogP contribution < -0.4 is 10.6 Å². The Morgan fingerprint density at radius 1 is 1.21 bits per heavy atom. The Morgan fingerprint density at radius 3 is 2.29 bits per heavy atom. The van der Waals surface area contributed by atoms with E-state index in [0.717, 1.165) is 51.9 Å². The van der Waals surface area contributed by atoms with E-state index in [1.165, 1.54) is 0 Å². The molecule has 0 unspecified atom stereocenters. The highest BCUT2D eigenvalue weighted by Gasteiger charge is 2.29. The molecule has 0 aromatic rings. The van der Waals surface area contributed by atoms with Crippen LogP contribution in [0.5, 0.6) is 0 Å². The van der Waals surface area contributed by atoms with Gasteiger partial charge in [-0.3, -0.25) is 4.79 Å². The normalized spacial score (nSPS) is 16.1. The van der Waals surface area contributed by atoms with E-state index >= 15 is 0 Å². The number of hydrogen-bond acceptors (Lipinski definition) is 5. The minimum absolute atomic E-state index is 0.0884. The third kappa shape index (κ3) is 10.2. The first-order chi connectivity index (χ1) is 13.1. The Bertz CT molecular complexity index is 501. The molecule has 0 aromatic carbocycles. The van der Waals surface area contributed by atoms with Gasteiger partial charge in [-0.1, -0.05) is 34.3 Å². The average molecular weight is 399 g/mol. The van der Waals surface area contributed by atoms with Crippen LogP contribution in [0.25, 0.3) is 0 Å². The lowest BCUT2D eigenvalue weighted by Crippen LogP contribution is -2.53. The van der Waals surface area contributed by atoms with E-state index in [0.29, 0.717) is 18.2 Å². The summed E-state index contributed by atoms with van der Waals surface area (Å²) in [6.07, 6.45) is 4.87. The molecule has 0 radical (unpaired) electrons. The van der Waals surface area contributed by atoms with Crippen LogP contribution in [0, 0.1) is 11.3 Å². The van der Waals surface area contributed by atoms with Gasteiger partial charge in [0, 0.05) is 31.4 Å². The van der Waals surface area contributed by atoms with Gasteiger partial charge in [-0.2, -0.15) is 0 Å². The molecular weight excluding hydrogens is 356 g/mol. The van der Waals surface area contributed by atoms with Crippen LogP contribution in [0.1, 0.15) is 60.8 Å². The highest BCUT2D eigenvalue weighted by molar-refractivity contribution is 5.87. The summed E-state index contributed by atoms with van der Waals surface area (Å²) in [6, 6.07) is 0. The Hall–Kier alpha value is -1.37. The molecule has 28 heavy (non-hydrogen) atoms. The SMILES string of the molecule is C=C(/C=C(\OCCC)C(C)(C)C)NC(=O)C(C)(C)NCC1CCOCC1.CO. The van der Waals surface area contributed by atoms with E-state index in [2.05, 4.69) is 44.9 Å². The Balaban J connectivity index is 0.00000352. The van der Waals surface area contributed by atoms with Crippen molar-refractivity contribution in [2.24, 2.45) is 11.3 Å². The molecule has 1 aliphatic rings. The molecule has 1 heterocycles. The van der Waals surface area contributed by atoms with Gasteiger partial charge in [0.2, 0.25) is 5.91 Å². The summed E-state index contributed by atoms with van der Waals surface area (Å²) in [5.41, 5.74) is -0.252. The summed E-state index contributed by atoms with van der Waals surface area (Å²) in [5, 5.41) is 13.3. The lowest BCUT2D eigenvalue weighted by molar-refractivity contribution is -0.125. The number of carbonyl (C=O) groups excluding carboxylic acids is 1. The Labute approximate surface area is 171 Å². The third-order valence-electron chi connectivity index (χ3n) is 4.52. The number of allylic oxidation sites excluding steroid dienone is 2. The van der Waals surface area contributed by atoms with Crippen LogP contribution in [0.3, 0.4) is 0 Å². The zero-order valence-corrected chi connectivity index (χ0v) is 19.0. The number of hydrogen-bond donors (Lipinski definition) is 3. The molecule has 0 atom stereocenters. The van der Waals surface area contributed by atoms with Crippen molar-refractivity contribution in [2.75, 3.05) is 33.5 Å². The van der Waals surface area contributed by atoms with Gasteiger partial charge in [0.15, 0.2) is 0 Å². The van der Waals surface area contributed by atoms with Gasteiger partial charge in [-0.25, -0.2) is 0 Å². The quantitative estimate of drug-likeness (QED) is 0.410. The first kappa shape index (κ1) is 26.6. The highest BCUT2D eigenvalue weighted by atomic mass is 16.5. The standard InChI is InChI=1S/C21H38N2O3.CH4O/c1-8-11-26-18(20(3,4)5)14-16(2)23-19(24)21(6,7)22-15-17-9-12-25-13-10-17;1-2/h14,17,22H,2,8-13,15H2,1,3-7H3,(H,23,24);2H,1H3/b18-14-;. The van der Waals surface area contributed by atoms with Crippen LogP contribution in [-0.4, -0.2) is 50.0 Å². The number of aliphatic hydroxyl groups is 1. The molecule has 0 saturated carbocycles. The molecule has 0 aliphatic carbocycles. The molecule has 3 N–H and O–H groups in total. The van der Waals surface area contributed by atoms with Crippen molar-refractivity contribution in [2.45, 2.75) is 66.3 Å². The van der Waals surface area contributed by atoms with E-state index in [4.69, 9.17) is 14.6 Å². The van der Waals surface area contributed by atoms with Crippen molar-refractivity contribution >= 4 is 5.91 Å². The summed E-state index contributed by atoms with van der Waals surface area (Å²) in [5.74, 6) is 1.31. The maximum atomic E-state index is 12.7. The van der Waals surface area contributed by atoms with Gasteiger partial charge in [0.1, 0.15) is 5.76 Å². The molecular formula is C22H42N2O4. The van der Waals surface area contributed by atoms with Gasteiger partial charge < -0.3 is 25.2 Å². The number of ether oxygens (including phenoxy) is 2. The van der Waals surface area contributed by atoms with Gasteiger partial charge >= 0.3 is 0 Å². The minimum Gasteiger partial charge on any atom is -0.497 e. The van der Waals surface area contributed by atoms with Crippen molar-refractivity contribution in [1.29, 1.82) is 0 Å². The monoisotopic (exact) mass is 398 g/mol. The van der Waals surface area contributed by atoms with Crippen LogP contribution in [0.15, 0.2) is 24.1 Å². The van der Waals surface area contributed by atoms with E-state index in [1.807, 2.05) is 19.9 Å². The minimum atomic E-state index is -0.665. The first-order valence-electron chi connectivity index (χ1n) is 10.2. The maximum absolute atomic E-state index is 12.7. The number of carbonyl (C=O) groups is 1. The number of nitrogens with one attached hydrogen (secondary N) is 2. The lowest BCUT2D eigenvalue weighted by Gasteiger charge is -2.30. The maximum Gasteiger partial charge on any atom is 0.244 e. The molecule has 1 rings (SSSR count). The highest BCUT2D eigenvalue weighted by Crippen LogP contribution is 2.27. The van der Waals surface area contributed by atoms with Crippen molar-refractivity contribution < 1.29 is 19.4 Å². The first-order valence-corrected chi connectivity index (χ1v) is 10.2. The number of aliphatic hydroxyl groups excluding tert-OH is 1. The second-order valence-electron chi connectivity index (χ2n) is 8.65. The van der Waals surface area contributed by atoms with Crippen LogP contribution in [0.4, 0.5) is 0 Å². The second kappa shape index (κ2) is 13.0. The molecule has 0 aromatic heterocycles. The fourth-order valence-corrected chi connectivity index (χ4v) is 2.61. The Kier molecular flexibility index (Phi) is 12.3. The zero-order chi connectivity index (χ0) is 21.8. The van der Waals surface area contributed by atoms with E-state index in [9.17, 15) is 4.79 Å². The summed E-state index contributed by atoms with van der Waals surface area (Å²) in [6.45, 7) is 19.2. The van der Waals surface area contributed by atoms with Gasteiger partial charge in [0.05, 0.1) is 12.1 Å². The molecule has 1 aliphatic heterocycles. The third-order valence-corrected chi connectivity index (χ3v) is 4.52. The molecule has 164 valence electrons. The predicted molar refractivity (Wildman–Crippen MR) is 115 cm³/mol. The molecule has 6 nitrogen and oxygen atoms in total. The zero-order valence-electron chi connectivity index (χ0n) is 19.0. The molecule has 1 saturated heterocycles. The summed E-state index contributed by atoms with van der Waals surface area (Å²) in [7, 11) is 1.00. The van der Waals surface area contributed by atoms with Crippen molar-refractivity contribution in [3.8, 4) is 0 Å². The van der Waals surface area contributed by atoms with Crippen molar-refractivity contribution in [3.05, 3.63) is 24.1 Å². The van der Waals surface area contributed by atoms with E-state index in [1.54, 1.807) is 0 Å². The largest absolute Gasteiger partial charge is 0.497 e. The van der Waals surface area contributed by atoms with Crippen molar-refractivity contribution in [3.63, 3.8) is 0 Å². The summed E-state index contributed by atoms with van der Waals surface area (Å²) in [4.78, 5) is 12.7. The fourth-order valence-electron chi connectivity index (χ4n) is 2.61. The molecule has 6 heteroatoms. The smallest absolute Gasteiger partial charge is 0.244 e. The summed E-state index contributed by atoms with van der Waals surface area (Å²) >= 11 is 0. The number of amides is 1. The van der Waals surface area contributed by atoms with Crippen molar-refractivity contribution in [1.82, 2.24) is 10.6 Å². The van der Waals surface area contributed by atoms with Gasteiger partial charge in [-0.05, 0) is 51.6 Å². The van der Waals surface area contributed by atoms with E-state index < -0.39 is 5.54 Å². The number of rotatable bonds is 9. The molecule has 0 spiro atoms. The molecule has 1 fully saturated rings. The summed E-state index contributed by atoms with van der Waals surface area (Å²) < 4.78 is 11.2. The van der Waals surface area contributed by atoms with Gasteiger partial charge in [-0.15, -0.1) is 0 Å². The lowest BCUT2D eigenvalue weighted by atomic mass is 9.93. The van der Waals surface area contributed by atoms with Crippen LogP contribution >= 0.6 is 0 Å². The molecule has 0 bridgehead atoms. The van der Waals surface area contributed by atoms with E-state index in [-0.39, 0.29) is 11.3 Å². The van der Waals surface area contributed by atoms with Crippen LogP contribution in [-0.2, 0) is 14.3 Å².